The van der Waals surface area contributed by atoms with Crippen LogP contribution in [-0.4, -0.2) is 40.6 Å². The predicted molar refractivity (Wildman–Crippen MR) is 103 cm³/mol. The van der Waals surface area contributed by atoms with E-state index in [1.165, 1.54) is 21.3 Å². The van der Waals surface area contributed by atoms with Gasteiger partial charge in [-0.3, -0.25) is 13.9 Å². The van der Waals surface area contributed by atoms with Gasteiger partial charge in [0.2, 0.25) is 5.91 Å². The van der Waals surface area contributed by atoms with Gasteiger partial charge in [0.05, 0.1) is 17.1 Å². The topological polar surface area (TPSA) is 59.3 Å². The smallest absolute Gasteiger partial charge is 0.329 e. The van der Waals surface area contributed by atoms with Crippen molar-refractivity contribution >= 4 is 16.9 Å². The molecule has 1 heterocycles. The molecule has 27 heavy (non-hydrogen) atoms. The van der Waals surface area contributed by atoms with Crippen LogP contribution >= 0.6 is 0 Å². The number of hydrogen-bond acceptors (Lipinski definition) is 3. The van der Waals surface area contributed by atoms with Crippen LogP contribution in [0.15, 0.2) is 53.3 Å². The Morgan fingerprint density at radius 1 is 1.15 bits per heavy atom. The van der Waals surface area contributed by atoms with Crippen LogP contribution in [0.4, 0.5) is 4.39 Å². The van der Waals surface area contributed by atoms with E-state index < -0.39 is 0 Å². The van der Waals surface area contributed by atoms with Crippen molar-refractivity contribution in [2.45, 2.75) is 12.6 Å². The summed E-state index contributed by atoms with van der Waals surface area (Å²) in [6.07, 6.45) is 0. The average molecular weight is 370 g/mol. The number of aromatic nitrogens is 2. The molecule has 0 fully saturated rings. The van der Waals surface area contributed by atoms with Crippen molar-refractivity contribution in [2.75, 3.05) is 20.6 Å². The molecule has 1 unspecified atom stereocenters. The number of halogens is 1. The van der Waals surface area contributed by atoms with Crippen molar-refractivity contribution in [3.05, 3.63) is 70.4 Å². The van der Waals surface area contributed by atoms with Crippen LogP contribution in [0.1, 0.15) is 11.6 Å². The number of rotatable bonds is 6. The van der Waals surface area contributed by atoms with Crippen molar-refractivity contribution in [3.8, 4) is 0 Å². The summed E-state index contributed by atoms with van der Waals surface area (Å²) in [4.78, 5) is 26.8. The number of aryl methyl sites for hydroxylation is 1. The monoisotopic (exact) mass is 370 g/mol. The van der Waals surface area contributed by atoms with E-state index in [0.717, 1.165) is 16.6 Å². The lowest BCUT2D eigenvalue weighted by Crippen LogP contribution is -2.38. The third kappa shape index (κ3) is 3.93. The van der Waals surface area contributed by atoms with Crippen LogP contribution in [0.3, 0.4) is 0 Å². The molecular formula is C20H23FN4O2. The Bertz CT molecular complexity index is 1020. The van der Waals surface area contributed by atoms with E-state index in [2.05, 4.69) is 5.32 Å². The summed E-state index contributed by atoms with van der Waals surface area (Å²) >= 11 is 0. The first kappa shape index (κ1) is 18.8. The lowest BCUT2D eigenvalue weighted by molar-refractivity contribution is -0.121. The molecule has 0 radical (unpaired) electrons. The molecule has 0 aliphatic rings. The summed E-state index contributed by atoms with van der Waals surface area (Å²) in [6.45, 7) is 0.248. The highest BCUT2D eigenvalue weighted by Gasteiger charge is 2.17. The second kappa shape index (κ2) is 7.75. The van der Waals surface area contributed by atoms with Gasteiger partial charge in [0, 0.05) is 13.6 Å². The minimum absolute atomic E-state index is 0.0660. The lowest BCUT2D eigenvalue weighted by atomic mass is 10.1. The summed E-state index contributed by atoms with van der Waals surface area (Å²) in [5.74, 6) is -0.579. The summed E-state index contributed by atoms with van der Waals surface area (Å²) < 4.78 is 16.5. The maximum Gasteiger partial charge on any atom is 0.329 e. The number of para-hydroxylation sites is 2. The van der Waals surface area contributed by atoms with Gasteiger partial charge in [0.25, 0.3) is 0 Å². The molecule has 6 nitrogen and oxygen atoms in total. The molecule has 0 aliphatic carbocycles. The number of nitrogens with one attached hydrogen (secondary N) is 1. The molecule has 3 aromatic rings. The highest BCUT2D eigenvalue weighted by molar-refractivity contribution is 5.80. The second-order valence-electron chi connectivity index (χ2n) is 6.75. The zero-order valence-electron chi connectivity index (χ0n) is 15.6. The molecule has 0 saturated carbocycles. The average Bonchev–Trinajstić information content (AvgIpc) is 2.87. The standard InChI is InChI=1S/C20H23FN4O2/c1-23(2)18(14-7-6-8-15(21)11-14)12-22-19(26)13-25-17-10-5-4-9-16(17)24(3)20(25)27/h4-11,18H,12-13H2,1-3H3,(H,22,26). The maximum atomic E-state index is 13.5. The Kier molecular flexibility index (Phi) is 5.41. The summed E-state index contributed by atoms with van der Waals surface area (Å²) in [5.41, 5.74) is 2.04. The third-order valence-electron chi connectivity index (χ3n) is 4.70. The minimum Gasteiger partial charge on any atom is -0.353 e. The molecule has 3 rings (SSSR count). The van der Waals surface area contributed by atoms with Crippen LogP contribution in [0.2, 0.25) is 0 Å². The fourth-order valence-corrected chi connectivity index (χ4v) is 3.24. The van der Waals surface area contributed by atoms with Crippen molar-refractivity contribution in [2.24, 2.45) is 7.05 Å². The Hall–Kier alpha value is -2.93. The van der Waals surface area contributed by atoms with Crippen LogP contribution in [-0.2, 0) is 18.4 Å². The van der Waals surface area contributed by atoms with Gasteiger partial charge >= 0.3 is 5.69 Å². The molecule has 1 aromatic heterocycles. The number of fused-ring (bicyclic) bond motifs is 1. The van der Waals surface area contributed by atoms with E-state index in [4.69, 9.17) is 0 Å². The number of carbonyl (C=O) groups is 1. The number of benzene rings is 2. The van der Waals surface area contributed by atoms with Crippen LogP contribution in [0.5, 0.6) is 0 Å². The molecular weight excluding hydrogens is 347 g/mol. The highest BCUT2D eigenvalue weighted by Crippen LogP contribution is 2.18. The summed E-state index contributed by atoms with van der Waals surface area (Å²) in [5, 5.41) is 2.86. The largest absolute Gasteiger partial charge is 0.353 e. The lowest BCUT2D eigenvalue weighted by Gasteiger charge is -2.25. The number of carbonyl (C=O) groups excluding carboxylic acids is 1. The Balaban J connectivity index is 1.74. The fraction of sp³-hybridized carbons (Fsp3) is 0.300. The van der Waals surface area contributed by atoms with Crippen molar-refractivity contribution in [3.63, 3.8) is 0 Å². The number of hydrogen-bond donors (Lipinski definition) is 1. The van der Waals surface area contributed by atoms with E-state index in [-0.39, 0.29) is 30.0 Å². The Morgan fingerprint density at radius 3 is 2.52 bits per heavy atom. The van der Waals surface area contributed by atoms with E-state index in [1.54, 1.807) is 13.1 Å². The van der Waals surface area contributed by atoms with E-state index >= 15 is 0 Å². The van der Waals surface area contributed by atoms with Gasteiger partial charge in [-0.1, -0.05) is 24.3 Å². The molecule has 1 N–H and O–H groups in total. The van der Waals surface area contributed by atoms with E-state index in [9.17, 15) is 14.0 Å². The number of likely N-dealkylation sites (N-methyl/N-ethyl adjacent to an activating group) is 1. The molecule has 1 atom stereocenters. The normalized spacial score (nSPS) is 12.5. The maximum absolute atomic E-state index is 13.5. The zero-order chi connectivity index (χ0) is 19.6. The highest BCUT2D eigenvalue weighted by atomic mass is 19.1. The summed E-state index contributed by atoms with van der Waals surface area (Å²) in [7, 11) is 5.43. The van der Waals surface area contributed by atoms with Crippen molar-refractivity contribution in [1.82, 2.24) is 19.4 Å². The van der Waals surface area contributed by atoms with Gasteiger partial charge in [-0.25, -0.2) is 9.18 Å². The number of imidazole rings is 1. The molecule has 142 valence electrons. The second-order valence-corrected chi connectivity index (χ2v) is 6.75. The van der Waals surface area contributed by atoms with Crippen molar-refractivity contribution < 1.29 is 9.18 Å². The van der Waals surface area contributed by atoms with Gasteiger partial charge in [-0.15, -0.1) is 0 Å². The van der Waals surface area contributed by atoms with Crippen LogP contribution in [0.25, 0.3) is 11.0 Å². The SMILES string of the molecule is CN(C)C(CNC(=O)Cn1c(=O)n(C)c2ccccc21)c1cccc(F)c1. The Labute approximate surface area is 156 Å². The zero-order valence-corrected chi connectivity index (χ0v) is 15.6. The van der Waals surface area contributed by atoms with Crippen LogP contribution < -0.4 is 11.0 Å². The minimum atomic E-state index is -0.312. The van der Waals surface area contributed by atoms with Gasteiger partial charge in [-0.05, 0) is 43.9 Å². The fourth-order valence-electron chi connectivity index (χ4n) is 3.24. The first-order valence-corrected chi connectivity index (χ1v) is 8.71. The molecule has 0 saturated heterocycles. The van der Waals surface area contributed by atoms with Gasteiger partial charge in [0.1, 0.15) is 12.4 Å². The summed E-state index contributed by atoms with van der Waals surface area (Å²) in [6, 6.07) is 13.5. The van der Waals surface area contributed by atoms with Crippen LogP contribution in [0, 0.1) is 5.82 Å². The van der Waals surface area contributed by atoms with E-state index in [0.29, 0.717) is 6.54 Å². The van der Waals surface area contributed by atoms with Gasteiger partial charge < -0.3 is 10.2 Å². The molecule has 7 heteroatoms. The third-order valence-corrected chi connectivity index (χ3v) is 4.70. The predicted octanol–water partition coefficient (Wildman–Crippen LogP) is 1.90. The number of nitrogens with zero attached hydrogens (tertiary/aromatic N) is 3. The first-order valence-electron chi connectivity index (χ1n) is 8.71. The molecule has 2 aromatic carbocycles. The van der Waals surface area contributed by atoms with E-state index in [1.807, 2.05) is 49.3 Å². The number of amides is 1. The van der Waals surface area contributed by atoms with Crippen molar-refractivity contribution in [1.29, 1.82) is 0 Å². The van der Waals surface area contributed by atoms with Gasteiger partial charge in [-0.2, -0.15) is 0 Å². The molecule has 0 bridgehead atoms. The molecule has 1 amide bonds. The molecule has 0 spiro atoms. The van der Waals surface area contributed by atoms with Gasteiger partial charge in [0.15, 0.2) is 0 Å². The Morgan fingerprint density at radius 2 is 1.85 bits per heavy atom. The quantitative estimate of drug-likeness (QED) is 0.721. The molecule has 0 aliphatic heterocycles. The first-order chi connectivity index (χ1) is 12.9.